The number of carboxylic acids is 1. The lowest BCUT2D eigenvalue weighted by atomic mass is 10.1. The predicted octanol–water partition coefficient (Wildman–Crippen LogP) is 7.11. The number of carbonyl (C=O) groups is 1. The summed E-state index contributed by atoms with van der Waals surface area (Å²) in [6.07, 6.45) is 0.0278. The van der Waals surface area contributed by atoms with Crippen molar-refractivity contribution < 1.29 is 22.7 Å². The van der Waals surface area contributed by atoms with Gasteiger partial charge in [0, 0.05) is 16.3 Å². The van der Waals surface area contributed by atoms with E-state index in [2.05, 4.69) is 20.7 Å². The number of aromatic nitrogens is 1. The monoisotopic (exact) mass is 632 g/mol. The SMILES string of the molecule is O=C(O)C(Cc1ccccc1)NS(=O)(=O)c1ccc(-c2nc(-c3cccc4c3oc3ccccc34)sc2Br)cc1. The molecule has 200 valence electrons. The van der Waals surface area contributed by atoms with E-state index in [0.29, 0.717) is 11.3 Å². The first-order chi connectivity index (χ1) is 19.3. The van der Waals surface area contributed by atoms with Crippen LogP contribution in [-0.4, -0.2) is 30.5 Å². The molecule has 0 aliphatic carbocycles. The van der Waals surface area contributed by atoms with E-state index in [9.17, 15) is 18.3 Å². The van der Waals surface area contributed by atoms with Crippen LogP contribution in [0.3, 0.4) is 0 Å². The van der Waals surface area contributed by atoms with Crippen molar-refractivity contribution in [3.05, 3.63) is 106 Å². The van der Waals surface area contributed by atoms with Crippen molar-refractivity contribution in [3.63, 3.8) is 0 Å². The molecule has 6 rings (SSSR count). The van der Waals surface area contributed by atoms with Gasteiger partial charge < -0.3 is 9.52 Å². The molecule has 0 amide bonds. The quantitative estimate of drug-likeness (QED) is 0.185. The van der Waals surface area contributed by atoms with Crippen LogP contribution in [0.1, 0.15) is 5.56 Å². The van der Waals surface area contributed by atoms with Crippen molar-refractivity contribution in [1.29, 1.82) is 0 Å². The van der Waals surface area contributed by atoms with Gasteiger partial charge in [0.25, 0.3) is 0 Å². The third-order valence-corrected chi connectivity index (χ3v) is 9.76. The second-order valence-corrected chi connectivity index (χ2v) is 13.2. The summed E-state index contributed by atoms with van der Waals surface area (Å²) < 4.78 is 35.3. The molecular weight excluding hydrogens is 612 g/mol. The fourth-order valence-electron chi connectivity index (χ4n) is 4.59. The van der Waals surface area contributed by atoms with Crippen molar-refractivity contribution in [2.75, 3.05) is 0 Å². The van der Waals surface area contributed by atoms with Gasteiger partial charge in [-0.15, -0.1) is 11.3 Å². The summed E-state index contributed by atoms with van der Waals surface area (Å²) >= 11 is 5.08. The fourth-order valence-corrected chi connectivity index (χ4v) is 7.39. The van der Waals surface area contributed by atoms with E-state index in [1.54, 1.807) is 36.4 Å². The topological polar surface area (TPSA) is 110 Å². The van der Waals surface area contributed by atoms with Crippen molar-refractivity contribution in [3.8, 4) is 21.8 Å². The molecule has 0 bridgehead atoms. The second kappa shape index (κ2) is 10.6. The van der Waals surface area contributed by atoms with E-state index < -0.39 is 22.0 Å². The third-order valence-electron chi connectivity index (χ3n) is 6.54. The molecule has 0 fully saturated rings. The number of nitrogens with zero attached hydrogens (tertiary/aromatic N) is 1. The number of fused-ring (bicyclic) bond motifs is 3. The van der Waals surface area contributed by atoms with E-state index in [4.69, 9.17) is 9.40 Å². The Balaban J connectivity index is 1.28. The number of para-hydroxylation sites is 2. The van der Waals surface area contributed by atoms with Crippen LogP contribution < -0.4 is 4.72 Å². The number of halogens is 1. The molecule has 2 aromatic heterocycles. The average molecular weight is 634 g/mol. The zero-order valence-corrected chi connectivity index (χ0v) is 24.0. The number of hydrogen-bond acceptors (Lipinski definition) is 6. The molecule has 0 radical (unpaired) electrons. The number of rotatable bonds is 8. The van der Waals surface area contributed by atoms with Gasteiger partial charge in [-0.05, 0) is 52.2 Å². The van der Waals surface area contributed by atoms with Crippen LogP contribution in [-0.2, 0) is 21.2 Å². The summed E-state index contributed by atoms with van der Waals surface area (Å²) in [6.45, 7) is 0. The molecule has 7 nitrogen and oxygen atoms in total. The highest BCUT2D eigenvalue weighted by Gasteiger charge is 2.26. The molecule has 0 saturated carbocycles. The van der Waals surface area contributed by atoms with Crippen molar-refractivity contribution in [1.82, 2.24) is 9.71 Å². The second-order valence-electron chi connectivity index (χ2n) is 9.15. The molecule has 0 spiro atoms. The minimum atomic E-state index is -4.08. The Hall–Kier alpha value is -3.83. The van der Waals surface area contributed by atoms with Crippen LogP contribution >= 0.6 is 27.3 Å². The number of sulfonamides is 1. The minimum absolute atomic E-state index is 0.0278. The normalized spacial score (nSPS) is 12.6. The molecule has 0 aliphatic heterocycles. The lowest BCUT2D eigenvalue weighted by molar-refractivity contribution is -0.138. The molecule has 0 saturated heterocycles. The van der Waals surface area contributed by atoms with Crippen molar-refractivity contribution >= 4 is 65.2 Å². The van der Waals surface area contributed by atoms with Crippen LogP contribution in [0.2, 0.25) is 0 Å². The first kappa shape index (κ1) is 26.4. The summed E-state index contributed by atoms with van der Waals surface area (Å²) in [6, 6.07) is 27.6. The third kappa shape index (κ3) is 5.06. The highest BCUT2D eigenvalue weighted by molar-refractivity contribution is 9.11. The predicted molar refractivity (Wildman–Crippen MR) is 160 cm³/mol. The first-order valence-corrected chi connectivity index (χ1v) is 15.4. The number of thiazole rings is 1. The van der Waals surface area contributed by atoms with E-state index >= 15 is 0 Å². The van der Waals surface area contributed by atoms with Gasteiger partial charge in [-0.3, -0.25) is 4.79 Å². The first-order valence-electron chi connectivity index (χ1n) is 12.3. The zero-order valence-electron chi connectivity index (χ0n) is 20.7. The Morgan fingerprint density at radius 2 is 1.62 bits per heavy atom. The number of nitrogens with one attached hydrogen (secondary N) is 1. The Bertz CT molecular complexity index is 1970. The summed E-state index contributed by atoms with van der Waals surface area (Å²) in [5.41, 5.74) is 4.52. The van der Waals surface area contributed by atoms with E-state index in [-0.39, 0.29) is 11.3 Å². The highest BCUT2D eigenvalue weighted by Crippen LogP contribution is 2.42. The largest absolute Gasteiger partial charge is 0.480 e. The van der Waals surface area contributed by atoms with Crippen LogP contribution in [0.4, 0.5) is 0 Å². The van der Waals surface area contributed by atoms with E-state index in [1.807, 2.05) is 48.5 Å². The van der Waals surface area contributed by atoms with Crippen molar-refractivity contribution in [2.24, 2.45) is 0 Å². The smallest absolute Gasteiger partial charge is 0.322 e. The highest BCUT2D eigenvalue weighted by atomic mass is 79.9. The van der Waals surface area contributed by atoms with E-state index in [1.165, 1.54) is 23.5 Å². The lowest BCUT2D eigenvalue weighted by Gasteiger charge is -2.15. The standard InChI is InChI=1S/C30H21BrN2O5S2/c31-28-26(32-29(39-28)23-11-6-10-22-21-9-4-5-12-25(21)38-27(22)23)19-13-15-20(16-14-19)40(36,37)33-24(30(34)35)17-18-7-2-1-3-8-18/h1-16,24,33H,17H2,(H,34,35). The average Bonchev–Trinajstić information content (AvgIpc) is 3.53. The van der Waals surface area contributed by atoms with Gasteiger partial charge in [-0.1, -0.05) is 72.8 Å². The molecule has 2 N–H and O–H groups in total. The lowest BCUT2D eigenvalue weighted by Crippen LogP contribution is -2.42. The van der Waals surface area contributed by atoms with Gasteiger partial charge in [0.15, 0.2) is 0 Å². The molecule has 6 aromatic rings. The number of furan rings is 1. The molecule has 2 heterocycles. The molecule has 10 heteroatoms. The van der Waals surface area contributed by atoms with Gasteiger partial charge >= 0.3 is 5.97 Å². The van der Waals surface area contributed by atoms with Gasteiger partial charge in [-0.2, -0.15) is 4.72 Å². The molecule has 1 unspecified atom stereocenters. The van der Waals surface area contributed by atoms with Gasteiger partial charge in [0.05, 0.1) is 19.9 Å². The van der Waals surface area contributed by atoms with Gasteiger partial charge in [0.2, 0.25) is 10.0 Å². The minimum Gasteiger partial charge on any atom is -0.480 e. The zero-order chi connectivity index (χ0) is 27.9. The van der Waals surface area contributed by atoms with Crippen LogP contribution in [0, 0.1) is 0 Å². The van der Waals surface area contributed by atoms with Crippen molar-refractivity contribution in [2.45, 2.75) is 17.4 Å². The number of hydrogen-bond donors (Lipinski definition) is 2. The fraction of sp³-hybridized carbons (Fsp3) is 0.0667. The molecule has 0 aliphatic rings. The summed E-state index contributed by atoms with van der Waals surface area (Å²) in [5.74, 6) is -1.25. The molecule has 40 heavy (non-hydrogen) atoms. The summed E-state index contributed by atoms with van der Waals surface area (Å²) in [7, 11) is -4.08. The maximum atomic E-state index is 13.0. The number of aliphatic carboxylic acids is 1. The number of benzene rings is 4. The van der Waals surface area contributed by atoms with Gasteiger partial charge in [-0.25, -0.2) is 13.4 Å². The molecule has 1 atom stereocenters. The van der Waals surface area contributed by atoms with Gasteiger partial charge in [0.1, 0.15) is 22.2 Å². The number of carboxylic acid groups (broad SMARTS) is 1. The Kier molecular flexibility index (Phi) is 7.01. The Labute approximate surface area is 242 Å². The summed E-state index contributed by atoms with van der Waals surface area (Å²) in [4.78, 5) is 16.6. The van der Waals surface area contributed by atoms with E-state index in [0.717, 1.165) is 41.9 Å². The molecule has 4 aromatic carbocycles. The van der Waals surface area contributed by atoms with Crippen LogP contribution in [0.15, 0.2) is 110 Å². The van der Waals surface area contributed by atoms with Crippen LogP contribution in [0.5, 0.6) is 0 Å². The maximum absolute atomic E-state index is 13.0. The maximum Gasteiger partial charge on any atom is 0.322 e. The molecular formula is C30H21BrN2O5S2. The Morgan fingerprint density at radius 1 is 0.925 bits per heavy atom. The summed E-state index contributed by atoms with van der Waals surface area (Å²) in [5, 5.41) is 12.4. The Morgan fingerprint density at radius 3 is 2.38 bits per heavy atom. The van der Waals surface area contributed by atoms with Crippen LogP contribution in [0.25, 0.3) is 43.8 Å².